The minimum absolute atomic E-state index is 0.142. The maximum absolute atomic E-state index is 13.7. The Morgan fingerprint density at radius 2 is 1.81 bits per heavy atom. The van der Waals surface area contributed by atoms with Gasteiger partial charge in [-0.05, 0) is 111 Å². The summed E-state index contributed by atoms with van der Waals surface area (Å²) in [5.41, 5.74) is 3.30. The number of nitrogens with one attached hydrogen (secondary N) is 1. The van der Waals surface area contributed by atoms with Crippen LogP contribution in [-0.4, -0.2) is 106 Å². The first-order chi connectivity index (χ1) is 25.4. The average Bonchev–Trinajstić information content (AvgIpc) is 3.14. The molecule has 3 fully saturated rings. The molecule has 0 aromatic heterocycles. The van der Waals surface area contributed by atoms with Gasteiger partial charge in [0.2, 0.25) is 10.0 Å². The van der Waals surface area contributed by atoms with Gasteiger partial charge in [0, 0.05) is 57.9 Å². The lowest BCUT2D eigenvalue weighted by Gasteiger charge is -2.53. The zero-order valence-electron chi connectivity index (χ0n) is 31.9. The van der Waals surface area contributed by atoms with E-state index in [1.807, 2.05) is 38.3 Å². The summed E-state index contributed by atoms with van der Waals surface area (Å²) in [6, 6.07) is 11.6. The summed E-state index contributed by atoms with van der Waals surface area (Å²) in [4.78, 5) is 7.56. The molecule has 4 heterocycles. The quantitative estimate of drug-likeness (QED) is 0.375. The van der Waals surface area contributed by atoms with E-state index in [2.05, 4.69) is 44.6 Å². The van der Waals surface area contributed by atoms with Crippen molar-refractivity contribution in [1.82, 2.24) is 14.5 Å². The van der Waals surface area contributed by atoms with E-state index in [9.17, 15) is 13.5 Å². The molecule has 2 N–H and O–H groups in total. The highest BCUT2D eigenvalue weighted by molar-refractivity contribution is 7.90. The van der Waals surface area contributed by atoms with E-state index < -0.39 is 27.1 Å². The van der Waals surface area contributed by atoms with Crippen molar-refractivity contribution in [1.29, 1.82) is 0 Å². The molecule has 2 aromatic rings. The normalized spacial score (nSPS) is 33.2. The van der Waals surface area contributed by atoms with E-state index in [1.54, 1.807) is 13.0 Å². The van der Waals surface area contributed by atoms with Crippen molar-refractivity contribution in [3.63, 3.8) is 0 Å². The standard InChI is InChI=1S/C41H59ClN4O6S/c1-29-8-7-16-41(50-4,26-44-18-20-46(21-19-44)40(3)27-51-28-40)36-14-11-33(36)24-45-17-6-5-9-31-22-35(42)13-10-34(31)25-52-38-15-12-32(23-37(38)45)39(47)43-53(48,49)30(29)2/h7,10,12-13,15-16,22-23,29-30,33,36,39,43,47H,5-6,8-9,11,14,17-21,24-28H2,1-4H3/b16-7+/t29-,30+,33-,36+,39?,41-/m0/s1. The third kappa shape index (κ3) is 8.33. The van der Waals surface area contributed by atoms with Crippen molar-refractivity contribution < 1.29 is 27.7 Å². The molecule has 1 saturated carbocycles. The highest BCUT2D eigenvalue weighted by atomic mass is 35.5. The number of rotatable bonds is 4. The van der Waals surface area contributed by atoms with Gasteiger partial charge in [0.15, 0.2) is 0 Å². The number of hydrogen-bond donors (Lipinski definition) is 2. The maximum atomic E-state index is 13.7. The Hall–Kier alpha value is -2.22. The Kier molecular flexibility index (Phi) is 11.9. The SMILES string of the molecule is CO[C@]1(CN2CCN(C3(C)COC3)CC2)/C=C/C[C@H](C)[C@@H](C)S(=O)(=O)NC(O)c2ccc3c(c2)N(CCCCc2cc(Cl)ccc2CO3)C[C@@H]2CC[C@H]21. The largest absolute Gasteiger partial charge is 0.487 e. The number of piperazine rings is 1. The molecule has 0 spiro atoms. The fourth-order valence-corrected chi connectivity index (χ4v) is 10.7. The summed E-state index contributed by atoms with van der Waals surface area (Å²) in [5.74, 6) is 1.19. The Bertz CT molecular complexity index is 1730. The molecule has 2 saturated heterocycles. The number of benzene rings is 2. The molecule has 0 amide bonds. The third-order valence-electron chi connectivity index (χ3n) is 13.1. The lowest BCUT2D eigenvalue weighted by molar-refractivity contribution is -0.146. The van der Waals surface area contributed by atoms with Crippen molar-refractivity contribution in [3.05, 3.63) is 70.3 Å². The molecule has 7 rings (SSSR count). The van der Waals surface area contributed by atoms with Crippen molar-refractivity contribution in [2.45, 2.75) is 88.5 Å². The van der Waals surface area contributed by atoms with Gasteiger partial charge in [-0.1, -0.05) is 42.8 Å². The predicted molar refractivity (Wildman–Crippen MR) is 210 cm³/mol. The van der Waals surface area contributed by atoms with Crippen LogP contribution in [0.3, 0.4) is 0 Å². The predicted octanol–water partition coefficient (Wildman–Crippen LogP) is 5.77. The second-order valence-electron chi connectivity index (χ2n) is 16.6. The zero-order valence-corrected chi connectivity index (χ0v) is 33.5. The van der Waals surface area contributed by atoms with Gasteiger partial charge in [-0.25, -0.2) is 8.42 Å². The summed E-state index contributed by atoms with van der Waals surface area (Å²) in [6.45, 7) is 14.4. The van der Waals surface area contributed by atoms with E-state index in [0.717, 1.165) is 107 Å². The molecular weight excluding hydrogens is 712 g/mol. The first kappa shape index (κ1) is 39.0. The smallest absolute Gasteiger partial charge is 0.216 e. The number of aliphatic hydroxyl groups excluding tert-OH is 1. The lowest BCUT2D eigenvalue weighted by atomic mass is 9.63. The summed E-state index contributed by atoms with van der Waals surface area (Å²) in [6.07, 6.45) is 8.66. The number of ether oxygens (including phenoxy) is 3. The highest BCUT2D eigenvalue weighted by Crippen LogP contribution is 2.47. The van der Waals surface area contributed by atoms with Gasteiger partial charge in [-0.3, -0.25) is 9.80 Å². The van der Waals surface area contributed by atoms with Crippen LogP contribution in [0.15, 0.2) is 48.6 Å². The number of nitrogens with zero attached hydrogens (tertiary/aromatic N) is 3. The van der Waals surface area contributed by atoms with E-state index in [0.29, 0.717) is 30.3 Å². The number of hydrogen-bond acceptors (Lipinski definition) is 9. The fourth-order valence-electron chi connectivity index (χ4n) is 9.10. The van der Waals surface area contributed by atoms with Crippen molar-refractivity contribution in [2.24, 2.45) is 17.8 Å². The lowest BCUT2D eigenvalue weighted by Crippen LogP contribution is -2.65. The summed E-state index contributed by atoms with van der Waals surface area (Å²) < 4.78 is 48.8. The van der Waals surface area contributed by atoms with E-state index >= 15 is 0 Å². The minimum atomic E-state index is -3.86. The van der Waals surface area contributed by atoms with Crippen LogP contribution in [0.2, 0.25) is 5.02 Å². The van der Waals surface area contributed by atoms with Crippen LogP contribution in [0.1, 0.15) is 75.8 Å². The molecule has 2 bridgehead atoms. The van der Waals surface area contributed by atoms with Crippen molar-refractivity contribution in [3.8, 4) is 5.75 Å². The van der Waals surface area contributed by atoms with Gasteiger partial charge in [-0.15, -0.1) is 0 Å². The number of aliphatic hydroxyl groups is 1. The molecule has 5 aliphatic rings. The molecule has 12 heteroatoms. The van der Waals surface area contributed by atoms with Gasteiger partial charge >= 0.3 is 0 Å². The summed E-state index contributed by atoms with van der Waals surface area (Å²) in [5, 5.41) is 11.4. The van der Waals surface area contributed by atoms with Gasteiger partial charge in [-0.2, -0.15) is 4.72 Å². The molecule has 1 unspecified atom stereocenters. The number of fused-ring (bicyclic) bond motifs is 3. The van der Waals surface area contributed by atoms with Crippen LogP contribution >= 0.6 is 11.6 Å². The van der Waals surface area contributed by atoms with Gasteiger partial charge in [0.05, 0.1) is 29.7 Å². The van der Waals surface area contributed by atoms with Crippen LogP contribution in [0.5, 0.6) is 5.75 Å². The second kappa shape index (κ2) is 16.1. The highest BCUT2D eigenvalue weighted by Gasteiger charge is 2.49. The molecule has 4 aliphatic heterocycles. The number of methoxy groups -OCH3 is 1. The van der Waals surface area contributed by atoms with Crippen LogP contribution < -0.4 is 14.4 Å². The van der Waals surface area contributed by atoms with E-state index in [4.69, 9.17) is 25.8 Å². The Morgan fingerprint density at radius 3 is 2.51 bits per heavy atom. The number of aryl methyl sites for hydroxylation is 1. The molecule has 10 nitrogen and oxygen atoms in total. The minimum Gasteiger partial charge on any atom is -0.487 e. The van der Waals surface area contributed by atoms with Gasteiger partial charge < -0.3 is 24.2 Å². The van der Waals surface area contributed by atoms with Crippen LogP contribution in [0, 0.1) is 17.8 Å². The first-order valence-electron chi connectivity index (χ1n) is 19.7. The van der Waals surface area contributed by atoms with Gasteiger partial charge in [0.25, 0.3) is 0 Å². The average molecular weight is 771 g/mol. The molecule has 0 radical (unpaired) electrons. The zero-order chi connectivity index (χ0) is 37.4. The number of sulfonamides is 1. The third-order valence-corrected chi connectivity index (χ3v) is 15.3. The molecule has 2 aromatic carbocycles. The van der Waals surface area contributed by atoms with E-state index in [1.165, 1.54) is 5.56 Å². The van der Waals surface area contributed by atoms with Crippen LogP contribution in [0.25, 0.3) is 0 Å². The van der Waals surface area contributed by atoms with Crippen LogP contribution in [-0.2, 0) is 32.5 Å². The number of anilines is 1. The molecule has 53 heavy (non-hydrogen) atoms. The fraction of sp³-hybridized carbons (Fsp3) is 0.659. The number of halogens is 1. The number of allylic oxidation sites excluding steroid dienone is 1. The Balaban J connectivity index is 1.22. The first-order valence-corrected chi connectivity index (χ1v) is 21.6. The topological polar surface area (TPSA) is 104 Å². The second-order valence-corrected chi connectivity index (χ2v) is 19.1. The Labute approximate surface area is 321 Å². The van der Waals surface area contributed by atoms with E-state index in [-0.39, 0.29) is 17.4 Å². The van der Waals surface area contributed by atoms with Crippen molar-refractivity contribution in [2.75, 3.05) is 71.0 Å². The molecule has 1 aliphatic carbocycles. The van der Waals surface area contributed by atoms with Crippen molar-refractivity contribution >= 4 is 27.3 Å². The monoisotopic (exact) mass is 770 g/mol. The molecule has 6 atom stereocenters. The Morgan fingerprint density at radius 1 is 1.02 bits per heavy atom. The maximum Gasteiger partial charge on any atom is 0.216 e. The van der Waals surface area contributed by atoms with Crippen LogP contribution in [0.4, 0.5) is 5.69 Å². The molecule has 292 valence electrons. The summed E-state index contributed by atoms with van der Waals surface area (Å²) in [7, 11) is -2.00. The summed E-state index contributed by atoms with van der Waals surface area (Å²) >= 11 is 6.42. The molecular formula is C41H59ClN4O6S. The van der Waals surface area contributed by atoms with Gasteiger partial charge in [0.1, 0.15) is 24.2 Å².